The zero-order valence-corrected chi connectivity index (χ0v) is 13.7. The molecule has 2 rings (SSSR count). The Balaban J connectivity index is 2.09. The van der Waals surface area contributed by atoms with E-state index in [1.165, 1.54) is 6.07 Å². The summed E-state index contributed by atoms with van der Waals surface area (Å²) < 4.78 is 19.9. The zero-order valence-electron chi connectivity index (χ0n) is 12.1. The third-order valence-electron chi connectivity index (χ3n) is 3.02. The third kappa shape index (κ3) is 4.51. The molecule has 0 radical (unpaired) electrons. The molecule has 0 fully saturated rings. The van der Waals surface area contributed by atoms with Crippen LogP contribution in [0.25, 0.3) is 0 Å². The van der Waals surface area contributed by atoms with Crippen molar-refractivity contribution in [1.82, 2.24) is 10.3 Å². The van der Waals surface area contributed by atoms with Gasteiger partial charge in [0.05, 0.1) is 0 Å². The van der Waals surface area contributed by atoms with E-state index in [0.717, 1.165) is 30.8 Å². The summed E-state index contributed by atoms with van der Waals surface area (Å²) in [5.74, 6) is 0.146. The lowest BCUT2D eigenvalue weighted by Crippen LogP contribution is -2.15. The van der Waals surface area contributed by atoms with E-state index in [0.29, 0.717) is 10.4 Å². The highest BCUT2D eigenvalue weighted by molar-refractivity contribution is 9.10. The number of halogens is 2. The highest BCUT2D eigenvalue weighted by Crippen LogP contribution is 2.26. The van der Waals surface area contributed by atoms with Gasteiger partial charge in [-0.05, 0) is 43.7 Å². The average molecular weight is 353 g/mol. The number of nitrogens with zero attached hydrogens (tertiary/aromatic N) is 1. The molecule has 21 heavy (non-hydrogen) atoms. The predicted octanol–water partition coefficient (Wildman–Crippen LogP) is 4.58. The number of ether oxygens (including phenoxy) is 1. The van der Waals surface area contributed by atoms with E-state index < -0.39 is 5.82 Å². The van der Waals surface area contributed by atoms with Crippen LogP contribution in [0, 0.1) is 12.7 Å². The molecule has 0 saturated heterocycles. The Hall–Kier alpha value is -1.46. The Morgan fingerprint density at radius 2 is 2.10 bits per heavy atom. The molecule has 112 valence electrons. The smallest absolute Gasteiger partial charge is 0.219 e. The minimum absolute atomic E-state index is 0.168. The van der Waals surface area contributed by atoms with Gasteiger partial charge >= 0.3 is 0 Å². The minimum Gasteiger partial charge on any atom is -0.436 e. The molecule has 0 aliphatic carbocycles. The van der Waals surface area contributed by atoms with Gasteiger partial charge in [0.1, 0.15) is 0 Å². The van der Waals surface area contributed by atoms with Crippen LogP contribution >= 0.6 is 15.9 Å². The fourth-order valence-corrected chi connectivity index (χ4v) is 2.21. The Morgan fingerprint density at radius 1 is 1.29 bits per heavy atom. The van der Waals surface area contributed by atoms with E-state index in [-0.39, 0.29) is 5.75 Å². The van der Waals surface area contributed by atoms with Gasteiger partial charge in [0.25, 0.3) is 0 Å². The van der Waals surface area contributed by atoms with Crippen LogP contribution < -0.4 is 10.1 Å². The molecular weight excluding hydrogens is 335 g/mol. The summed E-state index contributed by atoms with van der Waals surface area (Å²) >= 11 is 3.21. The van der Waals surface area contributed by atoms with Gasteiger partial charge in [0, 0.05) is 22.8 Å². The molecule has 0 bridgehead atoms. The van der Waals surface area contributed by atoms with Crippen molar-refractivity contribution in [1.29, 1.82) is 0 Å². The number of rotatable bonds is 6. The Bertz CT molecular complexity index is 619. The molecule has 0 atom stereocenters. The molecule has 0 aliphatic rings. The van der Waals surface area contributed by atoms with Crippen LogP contribution in [-0.4, -0.2) is 11.5 Å². The fourth-order valence-electron chi connectivity index (χ4n) is 1.88. The normalized spacial score (nSPS) is 10.7. The van der Waals surface area contributed by atoms with E-state index in [1.807, 2.05) is 13.0 Å². The van der Waals surface area contributed by atoms with E-state index in [4.69, 9.17) is 4.74 Å². The summed E-state index contributed by atoms with van der Waals surface area (Å²) in [5.41, 5.74) is 2.00. The summed E-state index contributed by atoms with van der Waals surface area (Å²) in [4.78, 5) is 4.37. The topological polar surface area (TPSA) is 34.1 Å². The fraction of sp³-hybridized carbons (Fsp3) is 0.312. The van der Waals surface area contributed by atoms with Gasteiger partial charge in [-0.3, -0.25) is 0 Å². The number of hydrogen-bond donors (Lipinski definition) is 1. The molecule has 0 spiro atoms. The summed E-state index contributed by atoms with van der Waals surface area (Å²) in [6, 6.07) is 8.39. The van der Waals surface area contributed by atoms with Crippen molar-refractivity contribution in [2.45, 2.75) is 26.8 Å². The minimum atomic E-state index is -0.419. The SMILES string of the molecule is CCCNCc1ccc(Oc2ccc(Br)cc2F)nc1C. The highest BCUT2D eigenvalue weighted by Gasteiger charge is 2.08. The Kier molecular flexibility index (Phi) is 5.70. The third-order valence-corrected chi connectivity index (χ3v) is 3.51. The molecule has 0 unspecified atom stereocenters. The quantitative estimate of drug-likeness (QED) is 0.772. The van der Waals surface area contributed by atoms with Crippen molar-refractivity contribution in [3.05, 3.63) is 51.9 Å². The first-order chi connectivity index (χ1) is 10.1. The molecule has 0 amide bonds. The van der Waals surface area contributed by atoms with Gasteiger partial charge in [0.2, 0.25) is 5.88 Å². The number of hydrogen-bond acceptors (Lipinski definition) is 3. The van der Waals surface area contributed by atoms with Crippen LogP contribution in [0.3, 0.4) is 0 Å². The van der Waals surface area contributed by atoms with Crippen LogP contribution in [0.4, 0.5) is 4.39 Å². The monoisotopic (exact) mass is 352 g/mol. The van der Waals surface area contributed by atoms with E-state index >= 15 is 0 Å². The number of aryl methyl sites for hydroxylation is 1. The Labute approximate surface area is 132 Å². The van der Waals surface area contributed by atoms with E-state index in [1.54, 1.807) is 18.2 Å². The number of pyridine rings is 1. The lowest BCUT2D eigenvalue weighted by molar-refractivity contribution is 0.426. The van der Waals surface area contributed by atoms with Crippen LogP contribution in [0.15, 0.2) is 34.8 Å². The van der Waals surface area contributed by atoms with Gasteiger partial charge in [-0.1, -0.05) is 28.9 Å². The maximum Gasteiger partial charge on any atom is 0.219 e. The van der Waals surface area contributed by atoms with Gasteiger partial charge in [0.15, 0.2) is 11.6 Å². The molecule has 1 aromatic carbocycles. The van der Waals surface area contributed by atoms with Gasteiger partial charge < -0.3 is 10.1 Å². The Morgan fingerprint density at radius 3 is 2.76 bits per heavy atom. The summed E-state index contributed by atoms with van der Waals surface area (Å²) in [6.45, 7) is 5.80. The first kappa shape index (κ1) is 15.9. The van der Waals surface area contributed by atoms with Crippen LogP contribution in [-0.2, 0) is 6.54 Å². The molecule has 0 aliphatic heterocycles. The number of benzene rings is 1. The molecule has 2 aromatic rings. The second-order valence-electron chi connectivity index (χ2n) is 4.75. The van der Waals surface area contributed by atoms with Gasteiger partial charge in [-0.15, -0.1) is 0 Å². The highest BCUT2D eigenvalue weighted by atomic mass is 79.9. The average Bonchev–Trinajstić information content (AvgIpc) is 2.44. The zero-order chi connectivity index (χ0) is 15.2. The van der Waals surface area contributed by atoms with Crippen molar-refractivity contribution in [2.75, 3.05) is 6.54 Å². The van der Waals surface area contributed by atoms with Gasteiger partial charge in [-0.2, -0.15) is 0 Å². The van der Waals surface area contributed by atoms with Crippen molar-refractivity contribution >= 4 is 15.9 Å². The molecule has 1 heterocycles. The van der Waals surface area contributed by atoms with Crippen molar-refractivity contribution in [3.63, 3.8) is 0 Å². The first-order valence-electron chi connectivity index (χ1n) is 6.90. The second-order valence-corrected chi connectivity index (χ2v) is 5.66. The molecule has 5 heteroatoms. The number of aromatic nitrogens is 1. The van der Waals surface area contributed by atoms with Crippen LogP contribution in [0.1, 0.15) is 24.6 Å². The van der Waals surface area contributed by atoms with Crippen molar-refractivity contribution in [2.24, 2.45) is 0 Å². The summed E-state index contributed by atoms with van der Waals surface area (Å²) in [7, 11) is 0. The maximum absolute atomic E-state index is 13.7. The van der Waals surface area contributed by atoms with Crippen LogP contribution in [0.2, 0.25) is 0 Å². The molecule has 3 nitrogen and oxygen atoms in total. The standard InChI is InChI=1S/C16H18BrFN2O/c1-3-8-19-10-12-4-7-16(20-11(12)2)21-15-6-5-13(17)9-14(15)18/h4-7,9,19H,3,8,10H2,1-2H3. The molecule has 1 aromatic heterocycles. The van der Waals surface area contributed by atoms with Crippen molar-refractivity contribution in [3.8, 4) is 11.6 Å². The molecule has 1 N–H and O–H groups in total. The second kappa shape index (κ2) is 7.52. The summed E-state index contributed by atoms with van der Waals surface area (Å²) in [6.07, 6.45) is 1.09. The van der Waals surface area contributed by atoms with Gasteiger partial charge in [-0.25, -0.2) is 9.37 Å². The van der Waals surface area contributed by atoms with E-state index in [9.17, 15) is 4.39 Å². The maximum atomic E-state index is 13.7. The van der Waals surface area contributed by atoms with Crippen molar-refractivity contribution < 1.29 is 9.13 Å². The van der Waals surface area contributed by atoms with Crippen LogP contribution in [0.5, 0.6) is 11.6 Å². The van der Waals surface area contributed by atoms with E-state index in [2.05, 4.69) is 33.2 Å². The predicted molar refractivity (Wildman–Crippen MR) is 85.1 cm³/mol. The molecular formula is C16H18BrFN2O. The summed E-state index contributed by atoms with van der Waals surface area (Å²) in [5, 5.41) is 3.33. The lowest BCUT2D eigenvalue weighted by atomic mass is 10.2. The first-order valence-corrected chi connectivity index (χ1v) is 7.69. The largest absolute Gasteiger partial charge is 0.436 e. The number of nitrogens with one attached hydrogen (secondary N) is 1. The molecule has 0 saturated carbocycles. The lowest BCUT2D eigenvalue weighted by Gasteiger charge is -2.10.